The Hall–Kier alpha value is -1.70. The molecule has 0 fully saturated rings. The number of aromatic nitrogens is 1. The second-order valence-electron chi connectivity index (χ2n) is 1.34. The van der Waals surface area contributed by atoms with Gasteiger partial charge in [0.15, 0.2) is 0 Å². The van der Waals surface area contributed by atoms with Crippen molar-refractivity contribution >= 4 is 16.5 Å². The monoisotopic (exact) mass is 191 g/mol. The number of rotatable bonds is 0. The lowest BCUT2D eigenvalue weighted by atomic mass is 10.8. The highest BCUT2D eigenvalue weighted by Crippen LogP contribution is 1.72. The maximum Gasteiger partial charge on any atom is 0.353 e. The summed E-state index contributed by atoms with van der Waals surface area (Å²) in [6, 6.07) is 0.522. The van der Waals surface area contributed by atoms with Crippen LogP contribution in [0.5, 0.6) is 0 Å². The molecule has 0 bridgehead atoms. The van der Waals surface area contributed by atoms with Gasteiger partial charge in [0.25, 0.3) is 0 Å². The van der Waals surface area contributed by atoms with E-state index in [0.717, 1.165) is 0 Å². The lowest BCUT2D eigenvalue weighted by Crippen LogP contribution is -2.02. The maximum atomic E-state index is 9.47. The molecule has 0 aliphatic heterocycles. The van der Waals surface area contributed by atoms with Gasteiger partial charge in [-0.3, -0.25) is 0 Å². The molecule has 1 rings (SSSR count). The number of carbonyl (C=O) groups is 1. The van der Waals surface area contributed by atoms with Crippen LogP contribution >= 0.6 is 0 Å². The minimum atomic E-state index is -2.70. The van der Waals surface area contributed by atoms with Crippen molar-refractivity contribution in [3.05, 3.63) is 18.5 Å². The number of amides is 2. The van der Waals surface area contributed by atoms with Crippen molar-refractivity contribution in [2.75, 3.05) is 0 Å². The minimum absolute atomic E-state index is 1.20. The van der Waals surface area contributed by atoms with Crippen molar-refractivity contribution in [1.82, 2.24) is 5.16 Å². The molecule has 1 aromatic rings. The van der Waals surface area contributed by atoms with Gasteiger partial charge in [-0.15, -0.1) is 0 Å². The molecule has 7 nitrogen and oxygen atoms in total. The molecule has 2 amide bonds. The summed E-state index contributed by atoms with van der Waals surface area (Å²) in [7, 11) is -2.70. The van der Waals surface area contributed by atoms with E-state index in [1.807, 2.05) is 0 Å². The molecular formula is C4H5N3O4S. The van der Waals surface area contributed by atoms with Crippen molar-refractivity contribution < 1.29 is 17.7 Å². The number of hydrogen-bond donors (Lipinski definition) is 1. The van der Waals surface area contributed by atoms with E-state index < -0.39 is 16.5 Å². The Morgan fingerprint density at radius 3 is 2.33 bits per heavy atom. The molecular weight excluding hydrogens is 186 g/mol. The van der Waals surface area contributed by atoms with Crippen molar-refractivity contribution in [1.29, 1.82) is 0 Å². The van der Waals surface area contributed by atoms with Crippen LogP contribution < -0.4 is 5.73 Å². The van der Waals surface area contributed by atoms with Gasteiger partial charge < -0.3 is 10.3 Å². The van der Waals surface area contributed by atoms with E-state index in [4.69, 9.17) is 0 Å². The third-order valence-electron chi connectivity index (χ3n) is 0.512. The van der Waals surface area contributed by atoms with E-state index >= 15 is 0 Å². The van der Waals surface area contributed by atoms with E-state index in [0.29, 0.717) is 0 Å². The molecule has 0 aliphatic carbocycles. The molecule has 12 heavy (non-hydrogen) atoms. The lowest BCUT2D eigenvalue weighted by Gasteiger charge is -1.64. The first kappa shape index (κ1) is 10.3. The van der Waals surface area contributed by atoms with Gasteiger partial charge in [0, 0.05) is 0 Å². The quantitative estimate of drug-likeness (QED) is 0.609. The largest absolute Gasteiger partial charge is 0.365 e. The molecule has 0 unspecified atom stereocenters. The fourth-order valence-electron chi connectivity index (χ4n) is 0.249. The molecule has 0 atom stereocenters. The molecule has 0 aromatic carbocycles. The molecule has 8 heteroatoms. The zero-order valence-corrected chi connectivity index (χ0v) is 6.56. The molecule has 0 saturated heterocycles. The van der Waals surface area contributed by atoms with Gasteiger partial charge in [-0.05, 0) is 6.07 Å². The highest BCUT2D eigenvalue weighted by Gasteiger charge is 1.80. The van der Waals surface area contributed by atoms with Gasteiger partial charge in [-0.2, -0.15) is 8.42 Å². The summed E-state index contributed by atoms with van der Waals surface area (Å²) >= 11 is 0. The van der Waals surface area contributed by atoms with E-state index in [1.54, 1.807) is 12.3 Å². The van der Waals surface area contributed by atoms with Gasteiger partial charge in [0.1, 0.15) is 6.26 Å². The fraction of sp³-hybridized carbons (Fsp3) is 0. The Kier molecular flexibility index (Phi) is 5.18. The molecule has 1 heterocycles. The first-order valence-electron chi connectivity index (χ1n) is 2.58. The summed E-state index contributed by atoms with van der Waals surface area (Å²) < 4.78 is 25.4. The maximum absolute atomic E-state index is 9.47. The summed E-state index contributed by atoms with van der Waals surface area (Å²) in [6.45, 7) is 0. The van der Waals surface area contributed by atoms with Crippen molar-refractivity contribution in [2.24, 2.45) is 10.1 Å². The minimum Gasteiger partial charge on any atom is -0.365 e. The summed E-state index contributed by atoms with van der Waals surface area (Å²) in [5, 5.41) is 3.35. The predicted octanol–water partition coefficient (Wildman–Crippen LogP) is -0.198. The zero-order chi connectivity index (χ0) is 9.40. The number of hydrogen-bond acceptors (Lipinski definition) is 5. The van der Waals surface area contributed by atoms with Crippen LogP contribution in [0, 0.1) is 0 Å². The Bertz CT molecular complexity index is 315. The average Bonchev–Trinajstić information content (AvgIpc) is 2.36. The van der Waals surface area contributed by atoms with Crippen LogP contribution in [0.25, 0.3) is 0 Å². The van der Waals surface area contributed by atoms with Crippen molar-refractivity contribution in [3.8, 4) is 0 Å². The predicted molar refractivity (Wildman–Crippen MR) is 37.4 cm³/mol. The number of nitrogens with two attached hydrogens (primary N) is 1. The van der Waals surface area contributed by atoms with Crippen LogP contribution in [0.15, 0.2) is 27.4 Å². The standard InChI is InChI=1S/C3H3NO.CH2N2O3S/c1-2-4-5-3-1;2-1(4)3-7(5)6/h1-3H;(H2,2,4). The number of urea groups is 1. The third kappa shape index (κ3) is 8.30. The molecule has 0 saturated carbocycles. The first-order chi connectivity index (χ1) is 5.63. The van der Waals surface area contributed by atoms with E-state index in [1.165, 1.54) is 6.26 Å². The van der Waals surface area contributed by atoms with Crippen LogP contribution in [0.2, 0.25) is 0 Å². The molecule has 0 radical (unpaired) electrons. The average molecular weight is 191 g/mol. The molecule has 2 N–H and O–H groups in total. The van der Waals surface area contributed by atoms with Gasteiger partial charge in [-0.1, -0.05) is 9.52 Å². The normalized spacial score (nSPS) is 7.67. The molecule has 66 valence electrons. The fourth-order valence-corrected chi connectivity index (χ4v) is 0.396. The van der Waals surface area contributed by atoms with Crippen LogP contribution in [-0.2, 0) is 10.5 Å². The van der Waals surface area contributed by atoms with Gasteiger partial charge in [-0.25, -0.2) is 4.79 Å². The molecule has 0 spiro atoms. The van der Waals surface area contributed by atoms with Crippen LogP contribution in [-0.4, -0.2) is 19.6 Å². The lowest BCUT2D eigenvalue weighted by molar-refractivity contribution is 0.257. The summed E-state index contributed by atoms with van der Waals surface area (Å²) in [5.41, 5.74) is 4.29. The van der Waals surface area contributed by atoms with Crippen LogP contribution in [0.3, 0.4) is 0 Å². The zero-order valence-electron chi connectivity index (χ0n) is 5.75. The second kappa shape index (κ2) is 6.04. The van der Waals surface area contributed by atoms with Crippen molar-refractivity contribution in [3.63, 3.8) is 0 Å². The molecule has 0 aliphatic rings. The van der Waals surface area contributed by atoms with E-state index in [-0.39, 0.29) is 0 Å². The van der Waals surface area contributed by atoms with Gasteiger partial charge >= 0.3 is 16.5 Å². The molecule has 1 aromatic heterocycles. The Balaban J connectivity index is 0.000000211. The number of nitrogens with zero attached hydrogens (tertiary/aromatic N) is 2. The smallest absolute Gasteiger partial charge is 0.353 e. The van der Waals surface area contributed by atoms with E-state index in [2.05, 4.69) is 19.8 Å². The van der Waals surface area contributed by atoms with Crippen LogP contribution in [0.4, 0.5) is 4.79 Å². The number of carbonyl (C=O) groups excluding carboxylic acids is 1. The van der Waals surface area contributed by atoms with E-state index in [9.17, 15) is 13.2 Å². The highest BCUT2D eigenvalue weighted by atomic mass is 32.2. The first-order valence-corrected chi connectivity index (χ1v) is 3.61. The second-order valence-corrected chi connectivity index (χ2v) is 1.95. The SMILES string of the molecule is NC(=O)N=S(=O)=O.c1cnoc1. The Morgan fingerprint density at radius 1 is 1.58 bits per heavy atom. The number of primary amides is 1. The third-order valence-corrected chi connectivity index (χ3v) is 0.841. The van der Waals surface area contributed by atoms with Crippen molar-refractivity contribution in [2.45, 2.75) is 0 Å². The highest BCUT2D eigenvalue weighted by molar-refractivity contribution is 7.62. The Morgan fingerprint density at radius 2 is 2.25 bits per heavy atom. The van der Waals surface area contributed by atoms with Gasteiger partial charge in [0.2, 0.25) is 0 Å². The summed E-state index contributed by atoms with van der Waals surface area (Å²) in [5.74, 6) is 0. The summed E-state index contributed by atoms with van der Waals surface area (Å²) in [6.07, 6.45) is 3.10. The topological polar surface area (TPSA) is 116 Å². The van der Waals surface area contributed by atoms with Gasteiger partial charge in [0.05, 0.1) is 6.20 Å². The Labute approximate surface area is 68.9 Å². The summed E-state index contributed by atoms with van der Waals surface area (Å²) in [4.78, 5) is 9.47. The van der Waals surface area contributed by atoms with Crippen LogP contribution in [0.1, 0.15) is 0 Å².